The molecule has 1 atom stereocenters. The molecule has 1 amide bonds. The van der Waals surface area contributed by atoms with Gasteiger partial charge in [0, 0.05) is 24.7 Å². The first-order chi connectivity index (χ1) is 20.3. The van der Waals surface area contributed by atoms with Gasteiger partial charge in [0.05, 0.1) is 7.11 Å². The van der Waals surface area contributed by atoms with E-state index in [-0.39, 0.29) is 11.7 Å². The number of nitrogen functional groups attached to an aromatic ring is 1. The predicted molar refractivity (Wildman–Crippen MR) is 164 cm³/mol. The smallest absolute Gasteiger partial charge is 0.300 e. The molecule has 1 unspecified atom stereocenters. The maximum Gasteiger partial charge on any atom is 0.300 e. The largest absolute Gasteiger partial charge is 0.493 e. The number of anilines is 1. The average Bonchev–Trinajstić information content (AvgIpc) is 2.99. The molecule has 0 heterocycles. The Morgan fingerprint density at radius 2 is 1.48 bits per heavy atom. The van der Waals surface area contributed by atoms with Crippen LogP contribution in [0.25, 0.3) is 0 Å². The minimum atomic E-state index is -0.833. The van der Waals surface area contributed by atoms with Gasteiger partial charge in [0.2, 0.25) is 5.91 Å². The number of carbonyl (C=O) groups is 2. The van der Waals surface area contributed by atoms with E-state index in [4.69, 9.17) is 30.5 Å². The van der Waals surface area contributed by atoms with Gasteiger partial charge in [-0.3, -0.25) is 15.0 Å². The number of carboxylic acid groups (broad SMARTS) is 1. The lowest BCUT2D eigenvalue weighted by atomic mass is 10.0. The Kier molecular flexibility index (Phi) is 11.9. The maximum atomic E-state index is 13.4. The lowest BCUT2D eigenvalue weighted by Crippen LogP contribution is -2.34. The van der Waals surface area contributed by atoms with Crippen molar-refractivity contribution in [2.45, 2.75) is 26.0 Å². The molecular formula is C33H36N4O5. The molecule has 0 radical (unpaired) electrons. The highest BCUT2D eigenvalue weighted by Crippen LogP contribution is 2.32. The van der Waals surface area contributed by atoms with Gasteiger partial charge in [-0.1, -0.05) is 66.7 Å². The number of rotatable bonds is 12. The van der Waals surface area contributed by atoms with Gasteiger partial charge in [-0.25, -0.2) is 0 Å². The molecule has 0 spiro atoms. The molecule has 9 heteroatoms. The number of methoxy groups -OCH3 is 1. The number of amides is 1. The first-order valence-corrected chi connectivity index (χ1v) is 13.3. The summed E-state index contributed by atoms with van der Waals surface area (Å²) in [5.41, 5.74) is 9.85. The average molecular weight is 569 g/mol. The Morgan fingerprint density at radius 3 is 2.05 bits per heavy atom. The highest BCUT2D eigenvalue weighted by atomic mass is 16.5. The molecular weight excluding hydrogens is 532 g/mol. The Balaban J connectivity index is 0.00000114. The number of hydrogen-bond acceptors (Lipinski definition) is 6. The van der Waals surface area contributed by atoms with Crippen LogP contribution in [0.5, 0.6) is 11.5 Å². The van der Waals surface area contributed by atoms with Crippen LogP contribution in [0, 0.1) is 5.41 Å². The summed E-state index contributed by atoms with van der Waals surface area (Å²) in [6.07, 6.45) is 0.724. The summed E-state index contributed by atoms with van der Waals surface area (Å²) in [5, 5.41) is 21.4. The molecule has 0 fully saturated rings. The zero-order chi connectivity index (χ0) is 30.3. The Morgan fingerprint density at radius 1 is 0.881 bits per heavy atom. The number of carboxylic acids is 1. The molecule has 0 bridgehead atoms. The third-order valence-electron chi connectivity index (χ3n) is 6.08. The highest BCUT2D eigenvalue weighted by Gasteiger charge is 2.22. The highest BCUT2D eigenvalue weighted by molar-refractivity contribution is 5.95. The number of amidine groups is 1. The van der Waals surface area contributed by atoms with Crippen molar-refractivity contribution in [3.8, 4) is 11.5 Å². The monoisotopic (exact) mass is 568 g/mol. The molecule has 4 aromatic rings. The normalized spacial score (nSPS) is 10.8. The minimum Gasteiger partial charge on any atom is -0.493 e. The van der Waals surface area contributed by atoms with Gasteiger partial charge in [-0.2, -0.15) is 0 Å². The van der Waals surface area contributed by atoms with Crippen LogP contribution in [0.1, 0.15) is 35.2 Å². The Hall–Kier alpha value is -5.31. The SMILES string of the molecule is CC(=O)O.COc1cc(C(Nc2ccc(C(=N)N)cc2)C(=O)NCCc2ccccc2)ccc1OCc1ccccc1. The van der Waals surface area contributed by atoms with Crippen molar-refractivity contribution in [2.24, 2.45) is 5.73 Å². The van der Waals surface area contributed by atoms with Crippen LogP contribution in [0.2, 0.25) is 0 Å². The predicted octanol–water partition coefficient (Wildman–Crippen LogP) is 5.16. The van der Waals surface area contributed by atoms with E-state index in [2.05, 4.69) is 10.6 Å². The van der Waals surface area contributed by atoms with E-state index in [9.17, 15) is 4.79 Å². The Bertz CT molecular complexity index is 1440. The number of benzene rings is 4. The first-order valence-electron chi connectivity index (χ1n) is 13.3. The van der Waals surface area contributed by atoms with Crippen molar-refractivity contribution in [1.29, 1.82) is 5.41 Å². The van der Waals surface area contributed by atoms with E-state index in [1.54, 1.807) is 31.4 Å². The molecule has 0 saturated carbocycles. The number of aliphatic carboxylic acids is 1. The summed E-state index contributed by atoms with van der Waals surface area (Å²) < 4.78 is 11.6. The zero-order valence-electron chi connectivity index (χ0n) is 23.7. The number of hydrogen-bond donors (Lipinski definition) is 5. The Labute approximate surface area is 245 Å². The third-order valence-corrected chi connectivity index (χ3v) is 6.08. The van der Waals surface area contributed by atoms with E-state index in [0.717, 1.165) is 35.7 Å². The lowest BCUT2D eigenvalue weighted by Gasteiger charge is -2.22. The van der Waals surface area contributed by atoms with Crippen molar-refractivity contribution in [1.82, 2.24) is 5.32 Å². The van der Waals surface area contributed by atoms with Crippen LogP contribution in [-0.4, -0.2) is 36.5 Å². The molecule has 0 aliphatic carbocycles. The van der Waals surface area contributed by atoms with E-state index in [1.807, 2.05) is 78.9 Å². The van der Waals surface area contributed by atoms with Gasteiger partial charge < -0.3 is 30.9 Å². The molecule has 0 saturated heterocycles. The van der Waals surface area contributed by atoms with E-state index in [0.29, 0.717) is 30.2 Å². The van der Waals surface area contributed by atoms with Crippen molar-refractivity contribution in [3.05, 3.63) is 125 Å². The standard InChI is InChI=1S/C31H32N4O3.C2H4O2/c1-37-28-20-25(14-17-27(28)38-21-23-10-6-3-7-11-23)29(35-26-15-12-24(13-16-26)30(32)33)31(36)34-19-18-22-8-4-2-5-9-22;1-2(3)4/h2-17,20,29,35H,18-19,21H2,1H3,(H3,32,33)(H,34,36);1H3,(H,3,4). The van der Waals surface area contributed by atoms with Gasteiger partial charge in [-0.05, 0) is 59.5 Å². The minimum absolute atomic E-state index is 0.0115. The second-order valence-corrected chi connectivity index (χ2v) is 9.30. The summed E-state index contributed by atoms with van der Waals surface area (Å²) in [6, 6.07) is 31.8. The van der Waals surface area contributed by atoms with Crippen LogP contribution in [0.15, 0.2) is 103 Å². The van der Waals surface area contributed by atoms with E-state index < -0.39 is 12.0 Å². The van der Waals surface area contributed by atoms with Gasteiger partial charge in [0.1, 0.15) is 18.5 Å². The first kappa shape index (κ1) is 31.2. The van der Waals surface area contributed by atoms with Crippen LogP contribution in [-0.2, 0) is 22.6 Å². The summed E-state index contributed by atoms with van der Waals surface area (Å²) >= 11 is 0. The van der Waals surface area contributed by atoms with Crippen LogP contribution in [0.3, 0.4) is 0 Å². The van der Waals surface area contributed by atoms with Crippen LogP contribution >= 0.6 is 0 Å². The number of nitrogens with two attached hydrogens (primary N) is 1. The fourth-order valence-corrected chi connectivity index (χ4v) is 4.01. The second-order valence-electron chi connectivity index (χ2n) is 9.30. The topological polar surface area (TPSA) is 147 Å². The quantitative estimate of drug-likeness (QED) is 0.117. The molecule has 218 valence electrons. The molecule has 0 aliphatic rings. The molecule has 4 aromatic carbocycles. The number of ether oxygens (including phenoxy) is 2. The van der Waals surface area contributed by atoms with Crippen molar-refractivity contribution in [3.63, 3.8) is 0 Å². The van der Waals surface area contributed by atoms with Gasteiger partial charge >= 0.3 is 0 Å². The molecule has 6 N–H and O–H groups in total. The van der Waals surface area contributed by atoms with E-state index >= 15 is 0 Å². The lowest BCUT2D eigenvalue weighted by molar-refractivity contribution is -0.134. The molecule has 0 aromatic heterocycles. The van der Waals surface area contributed by atoms with E-state index in [1.165, 1.54) is 0 Å². The fourth-order valence-electron chi connectivity index (χ4n) is 4.01. The summed E-state index contributed by atoms with van der Waals surface area (Å²) in [7, 11) is 1.58. The fraction of sp³-hybridized carbons (Fsp3) is 0.182. The summed E-state index contributed by atoms with van der Waals surface area (Å²) in [4.78, 5) is 22.4. The second kappa shape index (κ2) is 16.1. The van der Waals surface area contributed by atoms with Crippen LogP contribution in [0.4, 0.5) is 5.69 Å². The molecule has 9 nitrogen and oxygen atoms in total. The van der Waals surface area contributed by atoms with Crippen molar-refractivity contribution in [2.75, 3.05) is 19.0 Å². The van der Waals surface area contributed by atoms with Gasteiger partial charge in [0.25, 0.3) is 5.97 Å². The summed E-state index contributed by atoms with van der Waals surface area (Å²) in [6.45, 7) is 1.99. The summed E-state index contributed by atoms with van der Waals surface area (Å²) in [5.74, 6) is 0.113. The third kappa shape index (κ3) is 10.0. The molecule has 4 rings (SSSR count). The van der Waals surface area contributed by atoms with Crippen LogP contribution < -0.4 is 25.8 Å². The van der Waals surface area contributed by atoms with Gasteiger partial charge in [0.15, 0.2) is 11.5 Å². The number of carbonyl (C=O) groups excluding carboxylic acids is 1. The number of nitrogens with one attached hydrogen (secondary N) is 3. The molecule has 42 heavy (non-hydrogen) atoms. The zero-order valence-corrected chi connectivity index (χ0v) is 23.7. The van der Waals surface area contributed by atoms with Crippen molar-refractivity contribution < 1.29 is 24.2 Å². The van der Waals surface area contributed by atoms with Crippen molar-refractivity contribution >= 4 is 23.4 Å². The van der Waals surface area contributed by atoms with Gasteiger partial charge in [-0.15, -0.1) is 0 Å². The molecule has 0 aliphatic heterocycles. The maximum absolute atomic E-state index is 13.4.